The standard InChI is InChI=1S/C12H18N4O3/c1-8(19-11(18)16-12(2,3)4)10(17)15-9-7-13-5-6-14-9/h5-8H,1-4H3,(H,16,18)(H,14,15,17). The second-order valence-electron chi connectivity index (χ2n) is 5.00. The van der Waals surface area contributed by atoms with Crippen molar-refractivity contribution < 1.29 is 14.3 Å². The highest BCUT2D eigenvalue weighted by molar-refractivity contribution is 5.94. The molecule has 1 rings (SSSR count). The van der Waals surface area contributed by atoms with Gasteiger partial charge in [-0.1, -0.05) is 0 Å². The van der Waals surface area contributed by atoms with Gasteiger partial charge < -0.3 is 15.4 Å². The normalized spacial score (nSPS) is 12.4. The minimum atomic E-state index is -0.927. The van der Waals surface area contributed by atoms with Crippen LogP contribution < -0.4 is 10.6 Å². The van der Waals surface area contributed by atoms with Crippen LogP contribution in [0.25, 0.3) is 0 Å². The lowest BCUT2D eigenvalue weighted by atomic mass is 10.1. The number of amides is 2. The summed E-state index contributed by atoms with van der Waals surface area (Å²) >= 11 is 0. The molecular weight excluding hydrogens is 248 g/mol. The molecule has 1 atom stereocenters. The molecule has 0 saturated heterocycles. The van der Waals surface area contributed by atoms with E-state index in [1.807, 2.05) is 20.8 Å². The summed E-state index contributed by atoms with van der Waals surface area (Å²) in [5.74, 6) is -0.163. The number of hydrogen-bond donors (Lipinski definition) is 2. The van der Waals surface area contributed by atoms with Crippen molar-refractivity contribution in [3.8, 4) is 0 Å². The van der Waals surface area contributed by atoms with Crippen molar-refractivity contribution in [3.05, 3.63) is 18.6 Å². The van der Waals surface area contributed by atoms with E-state index < -0.39 is 23.6 Å². The largest absolute Gasteiger partial charge is 0.436 e. The van der Waals surface area contributed by atoms with Crippen LogP contribution in [0, 0.1) is 0 Å². The van der Waals surface area contributed by atoms with Crippen molar-refractivity contribution in [2.75, 3.05) is 5.32 Å². The Labute approximate surface area is 111 Å². The van der Waals surface area contributed by atoms with E-state index in [0.717, 1.165) is 0 Å². The first-order valence-corrected chi connectivity index (χ1v) is 5.83. The number of rotatable bonds is 3. The van der Waals surface area contributed by atoms with Gasteiger partial charge in [-0.3, -0.25) is 9.78 Å². The third-order valence-electron chi connectivity index (χ3n) is 1.94. The van der Waals surface area contributed by atoms with Crippen LogP contribution in [0.1, 0.15) is 27.7 Å². The van der Waals surface area contributed by atoms with Gasteiger partial charge in [0.15, 0.2) is 11.9 Å². The Morgan fingerprint density at radius 2 is 2.00 bits per heavy atom. The first kappa shape index (κ1) is 14.9. The fraction of sp³-hybridized carbons (Fsp3) is 0.500. The molecule has 1 unspecified atom stereocenters. The summed E-state index contributed by atoms with van der Waals surface area (Å²) in [7, 11) is 0. The van der Waals surface area contributed by atoms with Gasteiger partial charge in [0.05, 0.1) is 6.20 Å². The summed E-state index contributed by atoms with van der Waals surface area (Å²) < 4.78 is 4.95. The predicted molar refractivity (Wildman–Crippen MR) is 69.5 cm³/mol. The number of anilines is 1. The lowest BCUT2D eigenvalue weighted by Crippen LogP contribution is -2.43. The lowest BCUT2D eigenvalue weighted by molar-refractivity contribution is -0.123. The van der Waals surface area contributed by atoms with Crippen LogP contribution in [0.15, 0.2) is 18.6 Å². The molecular formula is C12H18N4O3. The Bertz CT molecular complexity index is 442. The van der Waals surface area contributed by atoms with Crippen molar-refractivity contribution in [1.82, 2.24) is 15.3 Å². The molecule has 2 N–H and O–H groups in total. The molecule has 0 aliphatic heterocycles. The molecule has 19 heavy (non-hydrogen) atoms. The van der Waals surface area contributed by atoms with Crippen LogP contribution in [-0.4, -0.2) is 33.6 Å². The second-order valence-corrected chi connectivity index (χ2v) is 5.00. The van der Waals surface area contributed by atoms with Crippen molar-refractivity contribution in [2.24, 2.45) is 0 Å². The second kappa shape index (κ2) is 6.12. The fourth-order valence-electron chi connectivity index (χ4n) is 1.14. The van der Waals surface area contributed by atoms with Gasteiger partial charge in [-0.25, -0.2) is 9.78 Å². The SMILES string of the molecule is CC(OC(=O)NC(C)(C)C)C(=O)Nc1cnccn1. The van der Waals surface area contributed by atoms with Crippen molar-refractivity contribution >= 4 is 17.8 Å². The van der Waals surface area contributed by atoms with Crippen molar-refractivity contribution in [3.63, 3.8) is 0 Å². The van der Waals surface area contributed by atoms with E-state index in [2.05, 4.69) is 20.6 Å². The van der Waals surface area contributed by atoms with E-state index in [0.29, 0.717) is 5.82 Å². The van der Waals surface area contributed by atoms with Gasteiger partial charge in [-0.15, -0.1) is 0 Å². The monoisotopic (exact) mass is 266 g/mol. The van der Waals surface area contributed by atoms with E-state index in [4.69, 9.17) is 4.74 Å². The van der Waals surface area contributed by atoms with E-state index in [9.17, 15) is 9.59 Å². The number of carbonyl (C=O) groups is 2. The molecule has 0 saturated carbocycles. The number of nitrogens with one attached hydrogen (secondary N) is 2. The molecule has 0 aromatic carbocycles. The molecule has 0 radical (unpaired) electrons. The van der Waals surface area contributed by atoms with E-state index in [-0.39, 0.29) is 0 Å². The summed E-state index contributed by atoms with van der Waals surface area (Å²) in [6.07, 6.45) is 2.78. The molecule has 1 aromatic heterocycles. The number of alkyl carbamates (subject to hydrolysis) is 1. The maximum Gasteiger partial charge on any atom is 0.408 e. The van der Waals surface area contributed by atoms with Crippen LogP contribution in [0.2, 0.25) is 0 Å². The third-order valence-corrected chi connectivity index (χ3v) is 1.94. The first-order chi connectivity index (χ1) is 8.78. The first-order valence-electron chi connectivity index (χ1n) is 5.83. The summed E-state index contributed by atoms with van der Waals surface area (Å²) in [6.45, 7) is 6.93. The van der Waals surface area contributed by atoms with Gasteiger partial charge in [-0.05, 0) is 27.7 Å². The zero-order chi connectivity index (χ0) is 14.5. The highest BCUT2D eigenvalue weighted by atomic mass is 16.6. The highest BCUT2D eigenvalue weighted by Crippen LogP contribution is 2.03. The molecule has 1 heterocycles. The van der Waals surface area contributed by atoms with Crippen LogP contribution in [-0.2, 0) is 9.53 Å². The Morgan fingerprint density at radius 1 is 1.32 bits per heavy atom. The molecule has 104 valence electrons. The van der Waals surface area contributed by atoms with Gasteiger partial charge in [0.2, 0.25) is 0 Å². The highest BCUT2D eigenvalue weighted by Gasteiger charge is 2.21. The molecule has 0 aliphatic carbocycles. The van der Waals surface area contributed by atoms with Gasteiger partial charge in [0, 0.05) is 17.9 Å². The average Bonchev–Trinajstić information content (AvgIpc) is 2.27. The van der Waals surface area contributed by atoms with Crippen LogP contribution in [0.4, 0.5) is 10.6 Å². The number of hydrogen-bond acceptors (Lipinski definition) is 5. The molecule has 2 amide bonds. The Kier molecular flexibility index (Phi) is 4.80. The zero-order valence-electron chi connectivity index (χ0n) is 11.4. The van der Waals surface area contributed by atoms with Gasteiger partial charge in [0.1, 0.15) is 0 Å². The minimum absolute atomic E-state index is 0.305. The molecule has 0 aliphatic rings. The molecule has 7 heteroatoms. The summed E-state index contributed by atoms with van der Waals surface area (Å²) in [5.41, 5.74) is -0.418. The van der Waals surface area contributed by atoms with Crippen LogP contribution in [0.5, 0.6) is 0 Å². The number of carbonyl (C=O) groups excluding carboxylic acids is 2. The van der Waals surface area contributed by atoms with Gasteiger partial charge in [0.25, 0.3) is 5.91 Å². The average molecular weight is 266 g/mol. The van der Waals surface area contributed by atoms with Gasteiger partial charge in [-0.2, -0.15) is 0 Å². The van der Waals surface area contributed by atoms with Crippen LogP contribution in [0.3, 0.4) is 0 Å². The van der Waals surface area contributed by atoms with E-state index >= 15 is 0 Å². The third kappa shape index (κ3) is 5.80. The van der Waals surface area contributed by atoms with Crippen molar-refractivity contribution in [1.29, 1.82) is 0 Å². The number of ether oxygens (including phenoxy) is 1. The van der Waals surface area contributed by atoms with E-state index in [1.165, 1.54) is 25.5 Å². The molecule has 0 fully saturated rings. The summed E-state index contributed by atoms with van der Waals surface area (Å²) in [4.78, 5) is 30.9. The fourth-order valence-corrected chi connectivity index (χ4v) is 1.14. The molecule has 7 nitrogen and oxygen atoms in total. The van der Waals surface area contributed by atoms with E-state index in [1.54, 1.807) is 0 Å². The maximum atomic E-state index is 11.7. The topological polar surface area (TPSA) is 93.2 Å². The predicted octanol–water partition coefficient (Wildman–Crippen LogP) is 1.33. The van der Waals surface area contributed by atoms with Crippen molar-refractivity contribution in [2.45, 2.75) is 39.3 Å². The smallest absolute Gasteiger partial charge is 0.408 e. The Hall–Kier alpha value is -2.18. The van der Waals surface area contributed by atoms with Gasteiger partial charge >= 0.3 is 6.09 Å². The summed E-state index contributed by atoms with van der Waals surface area (Å²) in [5, 5.41) is 5.09. The minimum Gasteiger partial charge on any atom is -0.436 e. The number of nitrogens with zero attached hydrogens (tertiary/aromatic N) is 2. The molecule has 0 bridgehead atoms. The Balaban J connectivity index is 2.47. The molecule has 0 spiro atoms. The summed E-state index contributed by atoms with van der Waals surface area (Å²) in [6, 6.07) is 0. The number of aromatic nitrogens is 2. The zero-order valence-corrected chi connectivity index (χ0v) is 11.4. The maximum absolute atomic E-state index is 11.7. The Morgan fingerprint density at radius 3 is 2.53 bits per heavy atom. The molecule has 1 aromatic rings. The lowest BCUT2D eigenvalue weighted by Gasteiger charge is -2.21. The van der Waals surface area contributed by atoms with Crippen LogP contribution >= 0.6 is 0 Å². The quantitative estimate of drug-likeness (QED) is 0.860.